The SMILES string of the molecule is O=C(Nc1nccs1)c1cccc2oc(-c3ccccc3C(F)(F)F)nc12. The number of fused-ring (bicyclic) bond motifs is 1. The third-order valence-electron chi connectivity index (χ3n) is 3.78. The monoisotopic (exact) mass is 389 g/mol. The Bertz CT molecular complexity index is 1120. The van der Waals surface area contributed by atoms with E-state index in [9.17, 15) is 18.0 Å². The van der Waals surface area contributed by atoms with E-state index < -0.39 is 17.6 Å². The fourth-order valence-corrected chi connectivity index (χ4v) is 3.14. The van der Waals surface area contributed by atoms with Gasteiger partial charge in [0.2, 0.25) is 5.89 Å². The summed E-state index contributed by atoms with van der Waals surface area (Å²) in [6, 6.07) is 9.64. The summed E-state index contributed by atoms with van der Waals surface area (Å²) in [6.07, 6.45) is -3.01. The molecule has 0 radical (unpaired) electrons. The number of thiazole rings is 1. The number of anilines is 1. The summed E-state index contributed by atoms with van der Waals surface area (Å²) in [5.41, 5.74) is -0.465. The van der Waals surface area contributed by atoms with Gasteiger partial charge in [-0.1, -0.05) is 18.2 Å². The van der Waals surface area contributed by atoms with E-state index in [1.54, 1.807) is 23.7 Å². The summed E-state index contributed by atoms with van der Waals surface area (Å²) in [7, 11) is 0. The van der Waals surface area contributed by atoms with Crippen LogP contribution in [0.4, 0.5) is 18.3 Å². The lowest BCUT2D eigenvalue weighted by Gasteiger charge is -2.09. The third kappa shape index (κ3) is 3.28. The number of nitrogens with zero attached hydrogens (tertiary/aromatic N) is 2. The number of halogens is 3. The van der Waals surface area contributed by atoms with Crippen molar-refractivity contribution < 1.29 is 22.4 Å². The summed E-state index contributed by atoms with van der Waals surface area (Å²) in [5, 5.41) is 4.73. The number of benzene rings is 2. The number of alkyl halides is 3. The van der Waals surface area contributed by atoms with Crippen LogP contribution in [0.2, 0.25) is 0 Å². The van der Waals surface area contributed by atoms with Gasteiger partial charge < -0.3 is 4.42 Å². The van der Waals surface area contributed by atoms with Crippen molar-refractivity contribution in [1.29, 1.82) is 0 Å². The molecule has 0 fully saturated rings. The summed E-state index contributed by atoms with van der Waals surface area (Å²) in [4.78, 5) is 20.6. The third-order valence-corrected chi connectivity index (χ3v) is 4.47. The number of oxazole rings is 1. The van der Waals surface area contributed by atoms with Crippen molar-refractivity contribution in [2.45, 2.75) is 6.18 Å². The van der Waals surface area contributed by atoms with Crippen LogP contribution in [0.3, 0.4) is 0 Å². The normalized spacial score (nSPS) is 11.7. The average Bonchev–Trinajstić information content (AvgIpc) is 3.29. The van der Waals surface area contributed by atoms with Crippen molar-refractivity contribution in [3.63, 3.8) is 0 Å². The fraction of sp³-hybridized carbons (Fsp3) is 0.0556. The first kappa shape index (κ1) is 17.2. The molecule has 2 heterocycles. The van der Waals surface area contributed by atoms with E-state index in [1.807, 2.05) is 0 Å². The van der Waals surface area contributed by atoms with E-state index in [4.69, 9.17) is 4.42 Å². The van der Waals surface area contributed by atoms with Gasteiger partial charge in [0.1, 0.15) is 5.52 Å². The number of carbonyl (C=O) groups is 1. The smallest absolute Gasteiger partial charge is 0.417 e. The molecule has 0 spiro atoms. The molecular weight excluding hydrogens is 379 g/mol. The lowest BCUT2D eigenvalue weighted by atomic mass is 10.1. The highest BCUT2D eigenvalue weighted by Crippen LogP contribution is 2.37. The molecule has 136 valence electrons. The maximum atomic E-state index is 13.3. The van der Waals surface area contributed by atoms with Crippen molar-refractivity contribution in [3.8, 4) is 11.5 Å². The zero-order valence-corrected chi connectivity index (χ0v) is 14.3. The molecule has 2 aromatic heterocycles. The van der Waals surface area contributed by atoms with E-state index in [0.29, 0.717) is 5.13 Å². The van der Waals surface area contributed by atoms with Crippen LogP contribution in [-0.2, 0) is 6.18 Å². The molecule has 27 heavy (non-hydrogen) atoms. The largest absolute Gasteiger partial charge is 0.436 e. The molecule has 0 aliphatic carbocycles. The highest BCUT2D eigenvalue weighted by atomic mass is 32.1. The van der Waals surface area contributed by atoms with Crippen molar-refractivity contribution >= 4 is 33.5 Å². The van der Waals surface area contributed by atoms with Crippen LogP contribution in [0.15, 0.2) is 58.5 Å². The fourth-order valence-electron chi connectivity index (χ4n) is 2.61. The molecule has 0 saturated heterocycles. The summed E-state index contributed by atoms with van der Waals surface area (Å²) in [6.45, 7) is 0. The zero-order valence-electron chi connectivity index (χ0n) is 13.4. The van der Waals surface area contributed by atoms with Gasteiger partial charge in [-0.05, 0) is 24.3 Å². The van der Waals surface area contributed by atoms with Gasteiger partial charge in [0, 0.05) is 17.1 Å². The second kappa shape index (κ2) is 6.51. The second-order valence-corrected chi connectivity index (χ2v) is 6.40. The highest BCUT2D eigenvalue weighted by Gasteiger charge is 2.34. The van der Waals surface area contributed by atoms with Crippen molar-refractivity contribution in [1.82, 2.24) is 9.97 Å². The van der Waals surface area contributed by atoms with E-state index in [0.717, 1.165) is 6.07 Å². The zero-order chi connectivity index (χ0) is 19.0. The maximum absolute atomic E-state index is 13.3. The first-order valence-electron chi connectivity index (χ1n) is 7.70. The van der Waals surface area contributed by atoms with Gasteiger partial charge in [-0.2, -0.15) is 13.2 Å². The number of para-hydroxylation sites is 1. The molecule has 0 unspecified atom stereocenters. The van der Waals surface area contributed by atoms with Gasteiger partial charge in [0.05, 0.1) is 11.1 Å². The summed E-state index contributed by atoms with van der Waals surface area (Å²) in [5.74, 6) is -0.674. The van der Waals surface area contributed by atoms with Gasteiger partial charge in [-0.25, -0.2) is 9.97 Å². The summed E-state index contributed by atoms with van der Waals surface area (Å²) >= 11 is 1.25. The number of carbonyl (C=O) groups excluding carboxylic acids is 1. The van der Waals surface area contributed by atoms with Crippen molar-refractivity contribution in [2.75, 3.05) is 5.32 Å². The average molecular weight is 389 g/mol. The molecule has 1 amide bonds. The molecule has 2 aromatic carbocycles. The van der Waals surface area contributed by atoms with Gasteiger partial charge in [-0.3, -0.25) is 10.1 Å². The van der Waals surface area contributed by atoms with Crippen LogP contribution in [0.1, 0.15) is 15.9 Å². The lowest BCUT2D eigenvalue weighted by Crippen LogP contribution is -2.12. The van der Waals surface area contributed by atoms with Crippen LogP contribution in [0.5, 0.6) is 0 Å². The van der Waals surface area contributed by atoms with Crippen LogP contribution in [0, 0.1) is 0 Å². The van der Waals surface area contributed by atoms with Gasteiger partial charge in [-0.15, -0.1) is 11.3 Å². The van der Waals surface area contributed by atoms with Crippen LogP contribution in [-0.4, -0.2) is 15.9 Å². The predicted octanol–water partition coefficient (Wildman–Crippen LogP) is 5.22. The topological polar surface area (TPSA) is 68.0 Å². The van der Waals surface area contributed by atoms with E-state index in [2.05, 4.69) is 15.3 Å². The second-order valence-electron chi connectivity index (χ2n) is 5.51. The maximum Gasteiger partial charge on any atom is 0.417 e. The molecule has 0 aliphatic heterocycles. The Balaban J connectivity index is 1.79. The van der Waals surface area contributed by atoms with E-state index >= 15 is 0 Å². The minimum absolute atomic E-state index is 0.179. The number of hydrogen-bond acceptors (Lipinski definition) is 5. The van der Waals surface area contributed by atoms with Crippen LogP contribution < -0.4 is 5.32 Å². The Morgan fingerprint density at radius 1 is 1.11 bits per heavy atom. The lowest BCUT2D eigenvalue weighted by molar-refractivity contribution is -0.137. The van der Waals surface area contributed by atoms with Crippen molar-refractivity contribution in [2.24, 2.45) is 0 Å². The van der Waals surface area contributed by atoms with Gasteiger partial charge in [0.15, 0.2) is 10.7 Å². The van der Waals surface area contributed by atoms with Crippen LogP contribution in [0.25, 0.3) is 22.6 Å². The predicted molar refractivity (Wildman–Crippen MR) is 94.5 cm³/mol. The molecular formula is C18H10F3N3O2S. The first-order valence-corrected chi connectivity index (χ1v) is 8.58. The number of hydrogen-bond donors (Lipinski definition) is 1. The molecule has 5 nitrogen and oxygen atoms in total. The minimum atomic E-state index is -4.55. The Morgan fingerprint density at radius 2 is 1.93 bits per heavy atom. The first-order chi connectivity index (χ1) is 12.9. The number of aromatic nitrogens is 2. The molecule has 0 saturated carbocycles. The number of nitrogens with one attached hydrogen (secondary N) is 1. The Labute approximate surface area is 154 Å². The standard InChI is InChI=1S/C18H10F3N3O2S/c19-18(20,21)12-6-2-1-4-10(12)16-23-14-11(5-3-7-13(14)26-16)15(25)24-17-22-8-9-27-17/h1-9H,(H,22,24,25). The summed E-state index contributed by atoms with van der Waals surface area (Å²) < 4.78 is 45.3. The molecule has 1 N–H and O–H groups in total. The minimum Gasteiger partial charge on any atom is -0.436 e. The molecule has 9 heteroatoms. The molecule has 0 bridgehead atoms. The number of rotatable bonds is 3. The van der Waals surface area contributed by atoms with Crippen molar-refractivity contribution in [3.05, 3.63) is 65.2 Å². The molecule has 4 rings (SSSR count). The molecule has 0 atom stereocenters. The van der Waals surface area contributed by atoms with Gasteiger partial charge >= 0.3 is 6.18 Å². The highest BCUT2D eigenvalue weighted by molar-refractivity contribution is 7.13. The molecule has 4 aromatic rings. The Morgan fingerprint density at radius 3 is 2.67 bits per heavy atom. The Hall–Kier alpha value is -3.20. The van der Waals surface area contributed by atoms with Crippen LogP contribution >= 0.6 is 11.3 Å². The number of amides is 1. The Kier molecular flexibility index (Phi) is 4.15. The van der Waals surface area contributed by atoms with E-state index in [-0.39, 0.29) is 28.1 Å². The quantitative estimate of drug-likeness (QED) is 0.521. The van der Waals surface area contributed by atoms with E-state index in [1.165, 1.54) is 35.6 Å². The molecule has 0 aliphatic rings. The van der Waals surface area contributed by atoms with Gasteiger partial charge in [0.25, 0.3) is 5.91 Å².